The number of hydrogen-bond donors (Lipinski definition) is 1. The van der Waals surface area contributed by atoms with E-state index in [4.69, 9.17) is 9.47 Å². The molecule has 5 nitrogen and oxygen atoms in total. The summed E-state index contributed by atoms with van der Waals surface area (Å²) in [6.07, 6.45) is 4.56. The Hall–Kier alpha value is -2.21. The first kappa shape index (κ1) is 16.2. The quantitative estimate of drug-likeness (QED) is 0.641. The molecule has 0 aliphatic carbocycles. The number of halogens is 1. The molecule has 1 N–H and O–H groups in total. The number of carbonyl (C=O) groups excluding carboxylic acids is 2. The van der Waals surface area contributed by atoms with E-state index in [0.29, 0.717) is 12.1 Å². The number of rotatable bonds is 6. The van der Waals surface area contributed by atoms with Crippen LogP contribution in [0.4, 0.5) is 4.39 Å². The molecule has 1 aliphatic rings. The maximum atomic E-state index is 12.9. The fraction of sp³-hybridized carbons (Fsp3) is 0.375. The third-order valence-electron chi connectivity index (χ3n) is 3.16. The molecule has 1 aromatic rings. The molecule has 0 unspecified atom stereocenters. The van der Waals surface area contributed by atoms with Gasteiger partial charge in [-0.1, -0.05) is 12.1 Å². The van der Waals surface area contributed by atoms with Gasteiger partial charge in [0.1, 0.15) is 5.82 Å². The third-order valence-corrected chi connectivity index (χ3v) is 3.16. The average Bonchev–Trinajstić information content (AvgIpc) is 3.02. The minimum atomic E-state index is -0.656. The summed E-state index contributed by atoms with van der Waals surface area (Å²) in [5.74, 6) is -1.41. The molecule has 1 atom stereocenters. The summed E-state index contributed by atoms with van der Waals surface area (Å²) in [4.78, 5) is 23.0. The van der Waals surface area contributed by atoms with Gasteiger partial charge in [-0.2, -0.15) is 0 Å². The lowest BCUT2D eigenvalue weighted by Crippen LogP contribution is -2.34. The lowest BCUT2D eigenvalue weighted by Gasteiger charge is -2.10. The van der Waals surface area contributed by atoms with Crippen LogP contribution in [0.15, 0.2) is 30.3 Å². The Bertz CT molecular complexity index is 553. The van der Waals surface area contributed by atoms with Crippen molar-refractivity contribution in [3.63, 3.8) is 0 Å². The number of ether oxygens (including phenoxy) is 2. The van der Waals surface area contributed by atoms with E-state index in [-0.39, 0.29) is 24.4 Å². The average molecular weight is 307 g/mol. The van der Waals surface area contributed by atoms with Crippen LogP contribution in [0.2, 0.25) is 0 Å². The first-order valence-electron chi connectivity index (χ1n) is 7.12. The summed E-state index contributed by atoms with van der Waals surface area (Å²) < 4.78 is 23.1. The van der Waals surface area contributed by atoms with E-state index in [2.05, 4.69) is 5.32 Å². The van der Waals surface area contributed by atoms with Crippen LogP contribution in [0, 0.1) is 5.82 Å². The minimum absolute atomic E-state index is 0.0486. The largest absolute Gasteiger partial charge is 0.452 e. The smallest absolute Gasteiger partial charge is 0.331 e. The van der Waals surface area contributed by atoms with Gasteiger partial charge >= 0.3 is 5.97 Å². The van der Waals surface area contributed by atoms with Gasteiger partial charge in [0.2, 0.25) is 0 Å². The molecule has 0 aromatic heterocycles. The van der Waals surface area contributed by atoms with Crippen LogP contribution in [0.3, 0.4) is 0 Å². The number of nitrogens with one attached hydrogen (secondary N) is 1. The summed E-state index contributed by atoms with van der Waals surface area (Å²) in [6.45, 7) is 0.801. The Morgan fingerprint density at radius 1 is 1.45 bits per heavy atom. The van der Waals surface area contributed by atoms with E-state index in [1.54, 1.807) is 12.1 Å². The number of hydrogen-bond acceptors (Lipinski definition) is 4. The highest BCUT2D eigenvalue weighted by molar-refractivity contribution is 5.89. The first-order chi connectivity index (χ1) is 10.6. The molecule has 0 spiro atoms. The van der Waals surface area contributed by atoms with Crippen molar-refractivity contribution < 1.29 is 23.5 Å². The van der Waals surface area contributed by atoms with Crippen molar-refractivity contribution in [1.29, 1.82) is 0 Å². The van der Waals surface area contributed by atoms with E-state index in [1.165, 1.54) is 18.2 Å². The van der Waals surface area contributed by atoms with Crippen molar-refractivity contribution in [2.24, 2.45) is 0 Å². The van der Waals surface area contributed by atoms with E-state index < -0.39 is 5.97 Å². The van der Waals surface area contributed by atoms with E-state index >= 15 is 0 Å². The molecule has 1 heterocycles. The second-order valence-corrected chi connectivity index (χ2v) is 4.94. The Morgan fingerprint density at radius 2 is 2.32 bits per heavy atom. The van der Waals surface area contributed by atoms with Gasteiger partial charge in [-0.15, -0.1) is 0 Å². The fourth-order valence-corrected chi connectivity index (χ4v) is 2.04. The molecule has 6 heteroatoms. The maximum Gasteiger partial charge on any atom is 0.331 e. The summed E-state index contributed by atoms with van der Waals surface area (Å²) >= 11 is 0. The Balaban J connectivity index is 1.67. The summed E-state index contributed by atoms with van der Waals surface area (Å²) in [7, 11) is 0. The van der Waals surface area contributed by atoms with Crippen LogP contribution < -0.4 is 5.32 Å². The minimum Gasteiger partial charge on any atom is -0.452 e. The zero-order chi connectivity index (χ0) is 15.8. The highest BCUT2D eigenvalue weighted by Crippen LogP contribution is 2.10. The molecule has 1 amide bonds. The standard InChI is InChI=1S/C16H18FNO4/c17-13-4-1-3-12(9-13)6-7-16(20)22-11-15(19)18-10-14-5-2-8-21-14/h1,3-4,6-7,9,14H,2,5,8,10-11H2,(H,18,19)/b7-6+/t14-/m1/s1. The Kier molecular flexibility index (Phi) is 6.09. The van der Waals surface area contributed by atoms with Crippen LogP contribution in [0.1, 0.15) is 18.4 Å². The van der Waals surface area contributed by atoms with Gasteiger partial charge in [0, 0.05) is 19.2 Å². The molecule has 118 valence electrons. The molecule has 0 radical (unpaired) electrons. The van der Waals surface area contributed by atoms with Gasteiger partial charge in [0.05, 0.1) is 6.10 Å². The molecular formula is C16H18FNO4. The van der Waals surface area contributed by atoms with Gasteiger partial charge < -0.3 is 14.8 Å². The van der Waals surface area contributed by atoms with Gasteiger partial charge in [-0.05, 0) is 36.6 Å². The molecule has 1 aliphatic heterocycles. The van der Waals surface area contributed by atoms with Crippen molar-refractivity contribution in [3.8, 4) is 0 Å². The predicted molar refractivity (Wildman–Crippen MR) is 78.4 cm³/mol. The number of amides is 1. The van der Waals surface area contributed by atoms with Crippen molar-refractivity contribution >= 4 is 18.0 Å². The van der Waals surface area contributed by atoms with Crippen molar-refractivity contribution in [2.45, 2.75) is 18.9 Å². The molecule has 1 aromatic carbocycles. The molecule has 0 saturated carbocycles. The maximum absolute atomic E-state index is 12.9. The SMILES string of the molecule is O=C(COC(=O)/C=C/c1cccc(F)c1)NC[C@H]1CCCO1. The summed E-state index contributed by atoms with van der Waals surface area (Å²) in [5, 5.41) is 2.65. The van der Waals surface area contributed by atoms with Crippen LogP contribution in [-0.4, -0.2) is 37.7 Å². The van der Waals surface area contributed by atoms with Gasteiger partial charge in [-0.3, -0.25) is 4.79 Å². The molecule has 22 heavy (non-hydrogen) atoms. The third kappa shape index (κ3) is 5.65. The predicted octanol–water partition coefficient (Wildman–Crippen LogP) is 1.68. The van der Waals surface area contributed by atoms with Gasteiger partial charge in [0.15, 0.2) is 6.61 Å². The zero-order valence-electron chi connectivity index (χ0n) is 12.1. The Morgan fingerprint density at radius 3 is 3.05 bits per heavy atom. The zero-order valence-corrected chi connectivity index (χ0v) is 12.1. The second-order valence-electron chi connectivity index (χ2n) is 4.94. The fourth-order valence-electron chi connectivity index (χ4n) is 2.04. The molecular weight excluding hydrogens is 289 g/mol. The van der Waals surface area contributed by atoms with Gasteiger partial charge in [0.25, 0.3) is 5.91 Å². The van der Waals surface area contributed by atoms with Crippen LogP contribution in [0.25, 0.3) is 6.08 Å². The lowest BCUT2D eigenvalue weighted by molar-refractivity contribution is -0.143. The highest BCUT2D eigenvalue weighted by atomic mass is 19.1. The van der Waals surface area contributed by atoms with Crippen LogP contribution in [0.5, 0.6) is 0 Å². The lowest BCUT2D eigenvalue weighted by atomic mass is 10.2. The highest BCUT2D eigenvalue weighted by Gasteiger charge is 2.16. The monoisotopic (exact) mass is 307 g/mol. The van der Waals surface area contributed by atoms with Crippen molar-refractivity contribution in [1.82, 2.24) is 5.32 Å². The molecule has 2 rings (SSSR count). The number of carbonyl (C=O) groups is 2. The van der Waals surface area contributed by atoms with Gasteiger partial charge in [-0.25, -0.2) is 9.18 Å². The van der Waals surface area contributed by atoms with E-state index in [9.17, 15) is 14.0 Å². The van der Waals surface area contributed by atoms with E-state index in [0.717, 1.165) is 25.5 Å². The first-order valence-corrected chi connectivity index (χ1v) is 7.12. The Labute approximate surface area is 128 Å². The number of benzene rings is 1. The summed E-state index contributed by atoms with van der Waals surface area (Å²) in [5.41, 5.74) is 0.541. The molecule has 0 bridgehead atoms. The van der Waals surface area contributed by atoms with E-state index in [1.807, 2.05) is 0 Å². The second kappa shape index (κ2) is 8.29. The van der Waals surface area contributed by atoms with Crippen LogP contribution >= 0.6 is 0 Å². The van der Waals surface area contributed by atoms with Crippen molar-refractivity contribution in [3.05, 3.63) is 41.7 Å². The normalized spacial score (nSPS) is 17.6. The summed E-state index contributed by atoms with van der Waals surface area (Å²) in [6, 6.07) is 5.80. The van der Waals surface area contributed by atoms with Crippen LogP contribution in [-0.2, 0) is 19.1 Å². The number of esters is 1. The van der Waals surface area contributed by atoms with Crippen molar-refractivity contribution in [2.75, 3.05) is 19.8 Å². The topological polar surface area (TPSA) is 64.6 Å². The molecule has 1 fully saturated rings. The molecule has 1 saturated heterocycles.